The number of halogens is 1. The molecule has 0 radical (unpaired) electrons. The van der Waals surface area contributed by atoms with Gasteiger partial charge in [0.2, 0.25) is 0 Å². The Hall–Kier alpha value is -1.87. The second-order valence-electron chi connectivity index (χ2n) is 4.68. The van der Waals surface area contributed by atoms with Gasteiger partial charge >= 0.3 is 0 Å². The summed E-state index contributed by atoms with van der Waals surface area (Å²) in [6.45, 7) is 4.71. The van der Waals surface area contributed by atoms with Crippen LogP contribution in [-0.2, 0) is 0 Å². The number of benzene rings is 2. The SMILES string of the molecule is CCOc1ccccc1C(C)Nc1cc(Cl)ccc1OC. The molecule has 0 saturated heterocycles. The zero-order valence-corrected chi connectivity index (χ0v) is 13.3. The highest BCUT2D eigenvalue weighted by Gasteiger charge is 2.13. The fraction of sp³-hybridized carbons (Fsp3) is 0.294. The molecular formula is C17H20ClNO2. The van der Waals surface area contributed by atoms with Gasteiger partial charge in [-0.15, -0.1) is 0 Å². The fourth-order valence-electron chi connectivity index (χ4n) is 2.23. The topological polar surface area (TPSA) is 30.5 Å². The van der Waals surface area contributed by atoms with Crippen LogP contribution < -0.4 is 14.8 Å². The van der Waals surface area contributed by atoms with Gasteiger partial charge in [-0.1, -0.05) is 29.8 Å². The van der Waals surface area contributed by atoms with Crippen molar-refractivity contribution >= 4 is 17.3 Å². The Kier molecular flexibility index (Phi) is 5.34. The molecule has 0 spiro atoms. The molecule has 0 aromatic heterocycles. The Bertz CT molecular complexity index is 601. The lowest BCUT2D eigenvalue weighted by Gasteiger charge is -2.20. The molecule has 2 aromatic carbocycles. The molecule has 1 atom stereocenters. The fourth-order valence-corrected chi connectivity index (χ4v) is 2.40. The van der Waals surface area contributed by atoms with E-state index in [1.807, 2.05) is 43.3 Å². The van der Waals surface area contributed by atoms with E-state index in [1.165, 1.54) is 0 Å². The van der Waals surface area contributed by atoms with E-state index in [0.717, 1.165) is 22.7 Å². The van der Waals surface area contributed by atoms with Crippen molar-refractivity contribution in [3.63, 3.8) is 0 Å². The lowest BCUT2D eigenvalue weighted by Crippen LogP contribution is -2.09. The molecule has 4 heteroatoms. The summed E-state index contributed by atoms with van der Waals surface area (Å²) in [6, 6.07) is 13.6. The van der Waals surface area contributed by atoms with E-state index in [2.05, 4.69) is 18.3 Å². The molecule has 0 fully saturated rings. The molecule has 0 aliphatic carbocycles. The van der Waals surface area contributed by atoms with Crippen molar-refractivity contribution in [2.24, 2.45) is 0 Å². The van der Waals surface area contributed by atoms with Crippen LogP contribution in [0.1, 0.15) is 25.5 Å². The van der Waals surface area contributed by atoms with E-state index in [9.17, 15) is 0 Å². The highest BCUT2D eigenvalue weighted by Crippen LogP contribution is 2.33. The molecule has 0 amide bonds. The Balaban J connectivity index is 2.26. The number of hydrogen-bond acceptors (Lipinski definition) is 3. The minimum Gasteiger partial charge on any atom is -0.495 e. The highest BCUT2D eigenvalue weighted by atomic mass is 35.5. The van der Waals surface area contributed by atoms with Gasteiger partial charge in [0, 0.05) is 10.6 Å². The largest absolute Gasteiger partial charge is 0.495 e. The second kappa shape index (κ2) is 7.23. The van der Waals surface area contributed by atoms with Crippen molar-refractivity contribution in [3.05, 3.63) is 53.1 Å². The van der Waals surface area contributed by atoms with E-state index in [-0.39, 0.29) is 6.04 Å². The maximum Gasteiger partial charge on any atom is 0.142 e. The molecule has 0 heterocycles. The molecule has 112 valence electrons. The van der Waals surface area contributed by atoms with Crippen molar-refractivity contribution in [2.75, 3.05) is 19.0 Å². The summed E-state index contributed by atoms with van der Waals surface area (Å²) in [4.78, 5) is 0. The minimum atomic E-state index is 0.0696. The van der Waals surface area contributed by atoms with Gasteiger partial charge in [0.25, 0.3) is 0 Å². The lowest BCUT2D eigenvalue weighted by atomic mass is 10.1. The van der Waals surface area contributed by atoms with Crippen molar-refractivity contribution < 1.29 is 9.47 Å². The zero-order chi connectivity index (χ0) is 15.2. The smallest absolute Gasteiger partial charge is 0.142 e. The van der Waals surface area contributed by atoms with Gasteiger partial charge in [-0.3, -0.25) is 0 Å². The third-order valence-electron chi connectivity index (χ3n) is 3.22. The maximum absolute atomic E-state index is 6.06. The number of ether oxygens (including phenoxy) is 2. The molecular weight excluding hydrogens is 286 g/mol. The van der Waals surface area contributed by atoms with Crippen LogP contribution in [0.4, 0.5) is 5.69 Å². The van der Waals surface area contributed by atoms with Crippen LogP contribution in [0.15, 0.2) is 42.5 Å². The van der Waals surface area contributed by atoms with Gasteiger partial charge < -0.3 is 14.8 Å². The van der Waals surface area contributed by atoms with Crippen molar-refractivity contribution in [2.45, 2.75) is 19.9 Å². The molecule has 1 N–H and O–H groups in total. The molecule has 21 heavy (non-hydrogen) atoms. The first kappa shape index (κ1) is 15.5. The highest BCUT2D eigenvalue weighted by molar-refractivity contribution is 6.30. The van der Waals surface area contributed by atoms with Crippen LogP contribution in [0, 0.1) is 0 Å². The van der Waals surface area contributed by atoms with Crippen LogP contribution in [0.3, 0.4) is 0 Å². The van der Waals surface area contributed by atoms with Crippen LogP contribution in [0.5, 0.6) is 11.5 Å². The average Bonchev–Trinajstić information content (AvgIpc) is 2.48. The summed E-state index contributed by atoms with van der Waals surface area (Å²) < 4.78 is 11.0. The van der Waals surface area contributed by atoms with Crippen molar-refractivity contribution in [1.29, 1.82) is 0 Å². The van der Waals surface area contributed by atoms with Crippen LogP contribution >= 0.6 is 11.6 Å². The Morgan fingerprint density at radius 2 is 1.90 bits per heavy atom. The Morgan fingerprint density at radius 3 is 2.62 bits per heavy atom. The molecule has 2 rings (SSSR count). The lowest BCUT2D eigenvalue weighted by molar-refractivity contribution is 0.335. The summed E-state index contributed by atoms with van der Waals surface area (Å²) >= 11 is 6.06. The molecule has 0 bridgehead atoms. The predicted molar refractivity (Wildman–Crippen MR) is 87.7 cm³/mol. The van der Waals surface area contributed by atoms with E-state index in [0.29, 0.717) is 11.6 Å². The van der Waals surface area contributed by atoms with E-state index in [4.69, 9.17) is 21.1 Å². The summed E-state index contributed by atoms with van der Waals surface area (Å²) in [6.07, 6.45) is 0. The number of rotatable bonds is 6. The second-order valence-corrected chi connectivity index (χ2v) is 5.12. The molecule has 1 unspecified atom stereocenters. The van der Waals surface area contributed by atoms with Gasteiger partial charge in [-0.05, 0) is 38.1 Å². The predicted octanol–water partition coefficient (Wildman–Crippen LogP) is 4.92. The van der Waals surface area contributed by atoms with Gasteiger partial charge in [-0.25, -0.2) is 0 Å². The Labute approximate surface area is 130 Å². The number of hydrogen-bond donors (Lipinski definition) is 1. The first-order valence-corrected chi connectivity index (χ1v) is 7.35. The third-order valence-corrected chi connectivity index (χ3v) is 3.45. The first-order valence-electron chi connectivity index (χ1n) is 6.97. The minimum absolute atomic E-state index is 0.0696. The Morgan fingerprint density at radius 1 is 1.14 bits per heavy atom. The third kappa shape index (κ3) is 3.82. The summed E-state index contributed by atoms with van der Waals surface area (Å²) in [5.74, 6) is 1.65. The van der Waals surface area contributed by atoms with Crippen LogP contribution in [0.25, 0.3) is 0 Å². The van der Waals surface area contributed by atoms with Crippen molar-refractivity contribution in [1.82, 2.24) is 0 Å². The molecule has 0 aliphatic heterocycles. The van der Waals surface area contributed by atoms with Gasteiger partial charge in [0.1, 0.15) is 11.5 Å². The summed E-state index contributed by atoms with van der Waals surface area (Å²) in [5.41, 5.74) is 1.96. The number of nitrogens with one attached hydrogen (secondary N) is 1. The number of para-hydroxylation sites is 1. The van der Waals surface area contributed by atoms with Crippen LogP contribution in [0.2, 0.25) is 5.02 Å². The average molecular weight is 306 g/mol. The quantitative estimate of drug-likeness (QED) is 0.821. The molecule has 2 aromatic rings. The van der Waals surface area contributed by atoms with Crippen molar-refractivity contribution in [3.8, 4) is 11.5 Å². The first-order chi connectivity index (χ1) is 10.2. The maximum atomic E-state index is 6.06. The summed E-state index contributed by atoms with van der Waals surface area (Å²) in [7, 11) is 1.65. The monoisotopic (exact) mass is 305 g/mol. The van der Waals surface area contributed by atoms with Gasteiger partial charge in [0.05, 0.1) is 25.4 Å². The molecule has 0 aliphatic rings. The van der Waals surface area contributed by atoms with Gasteiger partial charge in [0.15, 0.2) is 0 Å². The molecule has 3 nitrogen and oxygen atoms in total. The van der Waals surface area contributed by atoms with Crippen LogP contribution in [-0.4, -0.2) is 13.7 Å². The normalized spacial score (nSPS) is 11.8. The number of anilines is 1. The molecule has 0 saturated carbocycles. The van der Waals surface area contributed by atoms with E-state index < -0.39 is 0 Å². The summed E-state index contributed by atoms with van der Waals surface area (Å²) in [5, 5.41) is 4.10. The number of methoxy groups -OCH3 is 1. The van der Waals surface area contributed by atoms with E-state index in [1.54, 1.807) is 7.11 Å². The van der Waals surface area contributed by atoms with Gasteiger partial charge in [-0.2, -0.15) is 0 Å². The zero-order valence-electron chi connectivity index (χ0n) is 12.5. The standard InChI is InChI=1S/C17H20ClNO2/c1-4-21-16-8-6-5-7-14(16)12(2)19-15-11-13(18)9-10-17(15)20-3/h5-12,19H,4H2,1-3H3. The van der Waals surface area contributed by atoms with E-state index >= 15 is 0 Å².